The van der Waals surface area contributed by atoms with Gasteiger partial charge in [0.05, 0.1) is 32.9 Å². The van der Waals surface area contributed by atoms with E-state index < -0.39 is 21.9 Å². The lowest BCUT2D eigenvalue weighted by atomic mass is 10.2. The summed E-state index contributed by atoms with van der Waals surface area (Å²) in [6.45, 7) is 1.77. The Morgan fingerprint density at radius 2 is 1.73 bits per heavy atom. The first-order valence-corrected chi connectivity index (χ1v) is 14.0. The van der Waals surface area contributed by atoms with Crippen molar-refractivity contribution in [3.8, 4) is 0 Å². The second kappa shape index (κ2) is 11.1. The van der Waals surface area contributed by atoms with Gasteiger partial charge >= 0.3 is 5.97 Å². The monoisotopic (exact) mass is 577 g/mol. The quantitative estimate of drug-likeness (QED) is 0.283. The van der Waals surface area contributed by atoms with Crippen LogP contribution in [-0.2, 0) is 26.1 Å². The average molecular weight is 578 g/mol. The van der Waals surface area contributed by atoms with Crippen molar-refractivity contribution in [3.63, 3.8) is 0 Å². The molecule has 0 atom stereocenters. The molecular formula is C25H21Cl2N3O5S2. The van der Waals surface area contributed by atoms with E-state index in [0.717, 1.165) is 11.3 Å². The fraction of sp³-hybridized carbons (Fsp3) is 0.160. The molecule has 0 saturated heterocycles. The molecule has 0 aliphatic carbocycles. The first kappa shape index (κ1) is 26.9. The molecule has 0 radical (unpaired) electrons. The largest absolute Gasteiger partial charge is 0.468 e. The highest BCUT2D eigenvalue weighted by Crippen LogP contribution is 2.30. The average Bonchev–Trinajstić information content (AvgIpc) is 3.21. The Kier molecular flexibility index (Phi) is 8.03. The number of esters is 1. The van der Waals surface area contributed by atoms with Gasteiger partial charge in [-0.25, -0.2) is 8.42 Å². The molecule has 0 aliphatic heterocycles. The van der Waals surface area contributed by atoms with Gasteiger partial charge in [0.25, 0.3) is 15.9 Å². The minimum absolute atomic E-state index is 0.0406. The van der Waals surface area contributed by atoms with Crippen LogP contribution in [0.3, 0.4) is 0 Å². The Morgan fingerprint density at radius 3 is 2.35 bits per heavy atom. The highest BCUT2D eigenvalue weighted by molar-refractivity contribution is 7.92. The maximum absolute atomic E-state index is 13.2. The van der Waals surface area contributed by atoms with Crippen molar-refractivity contribution < 1.29 is 22.7 Å². The molecule has 0 saturated carbocycles. The van der Waals surface area contributed by atoms with Crippen LogP contribution in [0.1, 0.15) is 17.3 Å². The third-order valence-electron chi connectivity index (χ3n) is 5.43. The normalized spacial score (nSPS) is 12.1. The number of carbonyl (C=O) groups excluding carboxylic acids is 2. The lowest BCUT2D eigenvalue weighted by Gasteiger charge is -2.22. The zero-order valence-electron chi connectivity index (χ0n) is 19.7. The smallest absolute Gasteiger partial charge is 0.325 e. The van der Waals surface area contributed by atoms with Gasteiger partial charge in [0.2, 0.25) is 0 Å². The number of hydrogen-bond acceptors (Lipinski definition) is 6. The number of anilines is 1. The molecule has 0 bridgehead atoms. The number of halogens is 2. The molecule has 1 amide bonds. The van der Waals surface area contributed by atoms with E-state index in [9.17, 15) is 18.0 Å². The molecule has 192 valence electrons. The molecule has 1 heterocycles. The number of amides is 1. The number of sulfonamides is 1. The molecule has 4 aromatic rings. The van der Waals surface area contributed by atoms with Crippen molar-refractivity contribution >= 4 is 72.3 Å². The molecule has 3 aromatic carbocycles. The highest BCUT2D eigenvalue weighted by atomic mass is 35.5. The van der Waals surface area contributed by atoms with Crippen LogP contribution in [0.5, 0.6) is 0 Å². The number of benzene rings is 3. The second-order valence-corrected chi connectivity index (χ2v) is 11.4. The number of hydrogen-bond donors (Lipinski definition) is 0. The van der Waals surface area contributed by atoms with E-state index in [1.54, 1.807) is 37.3 Å². The standard InChI is InChI=1S/C25H21Cl2N3O5S2/c1-3-30(18-7-5-4-6-8-18)37(33,34)19-11-9-16(10-12-19)24(32)28-25-29(15-22(31)35-2)23-20(27)13-17(26)14-21(23)36-25/h4-14H,3,15H2,1-2H3. The van der Waals surface area contributed by atoms with E-state index in [1.165, 1.54) is 46.3 Å². The van der Waals surface area contributed by atoms with Gasteiger partial charge in [0, 0.05) is 17.1 Å². The van der Waals surface area contributed by atoms with Gasteiger partial charge in [0.15, 0.2) is 4.80 Å². The lowest BCUT2D eigenvalue weighted by molar-refractivity contribution is -0.141. The van der Waals surface area contributed by atoms with Crippen molar-refractivity contribution in [3.05, 3.63) is 87.1 Å². The summed E-state index contributed by atoms with van der Waals surface area (Å²) in [4.78, 5) is 29.5. The van der Waals surface area contributed by atoms with Crippen molar-refractivity contribution in [1.82, 2.24) is 4.57 Å². The number of methoxy groups -OCH3 is 1. The molecule has 37 heavy (non-hydrogen) atoms. The summed E-state index contributed by atoms with van der Waals surface area (Å²) in [5.74, 6) is -1.17. The molecule has 4 rings (SSSR count). The molecule has 0 N–H and O–H groups in total. The maximum Gasteiger partial charge on any atom is 0.325 e. The topological polar surface area (TPSA) is 98.0 Å². The van der Waals surface area contributed by atoms with Gasteiger partial charge < -0.3 is 9.30 Å². The number of thiazole rings is 1. The number of aromatic nitrogens is 1. The van der Waals surface area contributed by atoms with Gasteiger partial charge in [-0.3, -0.25) is 13.9 Å². The molecule has 8 nitrogen and oxygen atoms in total. The van der Waals surface area contributed by atoms with E-state index in [4.69, 9.17) is 27.9 Å². The fourth-order valence-electron chi connectivity index (χ4n) is 3.69. The summed E-state index contributed by atoms with van der Waals surface area (Å²) in [5.41, 5.74) is 1.21. The van der Waals surface area contributed by atoms with Crippen molar-refractivity contribution in [1.29, 1.82) is 0 Å². The van der Waals surface area contributed by atoms with Gasteiger partial charge in [-0.2, -0.15) is 4.99 Å². The molecule has 12 heteroatoms. The molecule has 0 fully saturated rings. The third kappa shape index (κ3) is 5.57. The van der Waals surface area contributed by atoms with Crippen LogP contribution in [0.2, 0.25) is 10.0 Å². The molecular weight excluding hydrogens is 557 g/mol. The number of carbonyl (C=O) groups is 2. The summed E-state index contributed by atoms with van der Waals surface area (Å²) in [5, 5.41) is 0.695. The SMILES string of the molecule is CCN(c1ccccc1)S(=O)(=O)c1ccc(C(=O)N=c2sc3cc(Cl)cc(Cl)c3n2CC(=O)OC)cc1. The van der Waals surface area contributed by atoms with Crippen LogP contribution in [0.25, 0.3) is 10.2 Å². The predicted octanol–water partition coefficient (Wildman–Crippen LogP) is 5.14. The first-order valence-electron chi connectivity index (χ1n) is 11.0. The molecule has 0 unspecified atom stereocenters. The Hall–Kier alpha value is -3.18. The van der Waals surface area contributed by atoms with Gasteiger partial charge in [0.1, 0.15) is 6.54 Å². The second-order valence-electron chi connectivity index (χ2n) is 7.73. The molecule has 0 aliphatic rings. The van der Waals surface area contributed by atoms with E-state index >= 15 is 0 Å². The van der Waals surface area contributed by atoms with E-state index in [2.05, 4.69) is 4.99 Å². The Bertz CT molecular complexity index is 1650. The zero-order chi connectivity index (χ0) is 26.7. The fourth-order valence-corrected chi connectivity index (χ4v) is 6.97. The summed E-state index contributed by atoms with van der Waals surface area (Å²) >= 11 is 13.6. The Morgan fingerprint density at radius 1 is 1.05 bits per heavy atom. The summed E-state index contributed by atoms with van der Waals surface area (Å²) in [6.07, 6.45) is 0. The minimum Gasteiger partial charge on any atom is -0.468 e. The summed E-state index contributed by atoms with van der Waals surface area (Å²) in [7, 11) is -2.59. The van der Waals surface area contributed by atoms with Crippen molar-refractivity contribution in [2.24, 2.45) is 4.99 Å². The van der Waals surface area contributed by atoms with Gasteiger partial charge in [-0.15, -0.1) is 0 Å². The van der Waals surface area contributed by atoms with Crippen molar-refractivity contribution in [2.45, 2.75) is 18.4 Å². The number of para-hydroxylation sites is 1. The highest BCUT2D eigenvalue weighted by Gasteiger charge is 2.24. The van der Waals surface area contributed by atoms with Gasteiger partial charge in [-0.05, 0) is 55.5 Å². The van der Waals surface area contributed by atoms with Crippen LogP contribution < -0.4 is 9.11 Å². The maximum atomic E-state index is 13.2. The Balaban J connectivity index is 1.71. The third-order valence-corrected chi connectivity index (χ3v) is 8.88. The van der Waals surface area contributed by atoms with Crippen LogP contribution in [0.15, 0.2) is 76.6 Å². The van der Waals surface area contributed by atoms with Gasteiger partial charge in [-0.1, -0.05) is 52.7 Å². The summed E-state index contributed by atoms with van der Waals surface area (Å²) in [6, 6.07) is 17.5. The minimum atomic E-state index is -3.84. The van der Waals surface area contributed by atoms with E-state index in [-0.39, 0.29) is 28.3 Å². The van der Waals surface area contributed by atoms with E-state index in [1.807, 2.05) is 6.07 Å². The van der Waals surface area contributed by atoms with Crippen LogP contribution >= 0.6 is 34.5 Å². The first-order chi connectivity index (χ1) is 17.6. The lowest BCUT2D eigenvalue weighted by Crippen LogP contribution is -2.30. The molecule has 1 aromatic heterocycles. The van der Waals surface area contributed by atoms with Crippen LogP contribution in [0, 0.1) is 0 Å². The van der Waals surface area contributed by atoms with E-state index in [0.29, 0.717) is 25.9 Å². The zero-order valence-corrected chi connectivity index (χ0v) is 22.9. The summed E-state index contributed by atoms with van der Waals surface area (Å²) < 4.78 is 34.6. The number of nitrogens with zero attached hydrogens (tertiary/aromatic N) is 3. The van der Waals surface area contributed by atoms with Crippen molar-refractivity contribution in [2.75, 3.05) is 18.0 Å². The number of ether oxygens (including phenoxy) is 1. The van der Waals surface area contributed by atoms with Crippen LogP contribution in [0.4, 0.5) is 5.69 Å². The Labute approximate surface area is 227 Å². The predicted molar refractivity (Wildman–Crippen MR) is 145 cm³/mol. The number of rotatable bonds is 7. The van der Waals surface area contributed by atoms with Crippen LogP contribution in [-0.4, -0.2) is 38.5 Å². The molecule has 0 spiro atoms. The number of fused-ring (bicyclic) bond motifs is 1.